The van der Waals surface area contributed by atoms with Crippen molar-refractivity contribution < 1.29 is 13.2 Å². The Labute approximate surface area is 120 Å². The fraction of sp³-hybridized carbons (Fsp3) is 0.571. The molecule has 0 bridgehead atoms. The highest BCUT2D eigenvalue weighted by molar-refractivity contribution is 7.89. The molecule has 1 saturated heterocycles. The largest absolute Gasteiger partial charge is 0.380 e. The molecule has 6 heteroatoms. The van der Waals surface area contributed by atoms with E-state index in [4.69, 9.17) is 10.5 Å². The molecular weight excluding hydrogens is 276 g/mol. The van der Waals surface area contributed by atoms with Crippen molar-refractivity contribution in [3.63, 3.8) is 0 Å². The highest BCUT2D eigenvalue weighted by Gasteiger charge is 2.30. The van der Waals surface area contributed by atoms with Gasteiger partial charge in [0.15, 0.2) is 0 Å². The minimum absolute atomic E-state index is 0.0767. The zero-order valence-electron chi connectivity index (χ0n) is 12.0. The second-order valence-electron chi connectivity index (χ2n) is 5.03. The number of hydrogen-bond donors (Lipinski definition) is 1. The molecule has 1 aromatic rings. The summed E-state index contributed by atoms with van der Waals surface area (Å²) < 4.78 is 31.9. The lowest BCUT2D eigenvalue weighted by molar-refractivity contribution is 0.181. The SMILES string of the molecule is CCc1ccc(S(=O)(=O)N(C)C2CCOC2)cc1CN. The standard InChI is InChI=1S/C14H22N2O3S/c1-3-11-4-5-14(8-12(11)9-15)20(17,18)16(2)13-6-7-19-10-13/h4-5,8,13H,3,6-7,9-10,15H2,1-2H3. The van der Waals surface area contributed by atoms with Crippen LogP contribution in [0.5, 0.6) is 0 Å². The maximum Gasteiger partial charge on any atom is 0.243 e. The van der Waals surface area contributed by atoms with E-state index in [1.165, 1.54) is 4.31 Å². The Balaban J connectivity index is 2.33. The van der Waals surface area contributed by atoms with Crippen molar-refractivity contribution in [1.29, 1.82) is 0 Å². The monoisotopic (exact) mass is 298 g/mol. The van der Waals surface area contributed by atoms with Crippen molar-refractivity contribution in [2.24, 2.45) is 5.73 Å². The van der Waals surface area contributed by atoms with Gasteiger partial charge < -0.3 is 10.5 Å². The molecule has 1 atom stereocenters. The molecule has 1 aliphatic heterocycles. The molecule has 20 heavy (non-hydrogen) atoms. The molecule has 1 unspecified atom stereocenters. The van der Waals surface area contributed by atoms with Gasteiger partial charge in [-0.05, 0) is 36.1 Å². The second-order valence-corrected chi connectivity index (χ2v) is 7.02. The maximum atomic E-state index is 12.6. The lowest BCUT2D eigenvalue weighted by Crippen LogP contribution is -2.37. The van der Waals surface area contributed by atoms with Gasteiger partial charge >= 0.3 is 0 Å². The summed E-state index contributed by atoms with van der Waals surface area (Å²) in [7, 11) is -1.87. The molecule has 2 rings (SSSR count). The van der Waals surface area contributed by atoms with Crippen molar-refractivity contribution >= 4 is 10.0 Å². The molecule has 0 radical (unpaired) electrons. The zero-order valence-corrected chi connectivity index (χ0v) is 12.8. The Morgan fingerprint density at radius 3 is 2.70 bits per heavy atom. The van der Waals surface area contributed by atoms with Crippen LogP contribution in [-0.2, 0) is 27.7 Å². The molecule has 2 N–H and O–H groups in total. The molecule has 1 aliphatic rings. The van der Waals surface area contributed by atoms with Crippen LogP contribution in [-0.4, -0.2) is 39.0 Å². The first-order valence-electron chi connectivity index (χ1n) is 6.88. The van der Waals surface area contributed by atoms with Gasteiger partial charge in [0.2, 0.25) is 10.0 Å². The van der Waals surface area contributed by atoms with E-state index in [9.17, 15) is 8.42 Å². The van der Waals surface area contributed by atoms with Crippen LogP contribution in [0.2, 0.25) is 0 Å². The summed E-state index contributed by atoms with van der Waals surface area (Å²) in [4.78, 5) is 0.310. The summed E-state index contributed by atoms with van der Waals surface area (Å²) in [5, 5.41) is 0. The first-order valence-corrected chi connectivity index (χ1v) is 8.32. The van der Waals surface area contributed by atoms with E-state index in [2.05, 4.69) is 0 Å². The lowest BCUT2D eigenvalue weighted by Gasteiger charge is -2.23. The molecule has 0 spiro atoms. The number of hydrogen-bond acceptors (Lipinski definition) is 4. The minimum Gasteiger partial charge on any atom is -0.380 e. The highest BCUT2D eigenvalue weighted by atomic mass is 32.2. The number of aryl methyl sites for hydroxylation is 1. The maximum absolute atomic E-state index is 12.6. The Morgan fingerprint density at radius 1 is 1.40 bits per heavy atom. The number of likely N-dealkylation sites (N-methyl/N-ethyl adjacent to an activating group) is 1. The predicted octanol–water partition coefficient (Wildman–Crippen LogP) is 1.12. The molecule has 0 saturated carbocycles. The quantitative estimate of drug-likeness (QED) is 0.884. The van der Waals surface area contributed by atoms with Crippen molar-refractivity contribution in [1.82, 2.24) is 4.31 Å². The van der Waals surface area contributed by atoms with Gasteiger partial charge in [-0.1, -0.05) is 13.0 Å². The third-order valence-corrected chi connectivity index (χ3v) is 5.78. The fourth-order valence-electron chi connectivity index (χ4n) is 2.47. The van der Waals surface area contributed by atoms with Crippen LogP contribution >= 0.6 is 0 Å². The van der Waals surface area contributed by atoms with Gasteiger partial charge in [-0.3, -0.25) is 0 Å². The van der Waals surface area contributed by atoms with Crippen LogP contribution in [0.15, 0.2) is 23.1 Å². The topological polar surface area (TPSA) is 72.6 Å². The van der Waals surface area contributed by atoms with Gasteiger partial charge in [0, 0.05) is 20.2 Å². The highest BCUT2D eigenvalue weighted by Crippen LogP contribution is 2.23. The van der Waals surface area contributed by atoms with Gasteiger partial charge in [0.1, 0.15) is 0 Å². The zero-order chi connectivity index (χ0) is 14.8. The lowest BCUT2D eigenvalue weighted by atomic mass is 10.1. The summed E-state index contributed by atoms with van der Waals surface area (Å²) in [5.41, 5.74) is 7.70. The average Bonchev–Trinajstić information content (AvgIpc) is 2.99. The van der Waals surface area contributed by atoms with Gasteiger partial charge in [-0.15, -0.1) is 0 Å². The van der Waals surface area contributed by atoms with E-state index in [0.29, 0.717) is 24.7 Å². The molecule has 1 heterocycles. The Bertz CT molecular complexity index is 566. The van der Waals surface area contributed by atoms with Crippen LogP contribution < -0.4 is 5.73 Å². The van der Waals surface area contributed by atoms with Crippen LogP contribution in [0.1, 0.15) is 24.5 Å². The first kappa shape index (κ1) is 15.4. The summed E-state index contributed by atoms with van der Waals surface area (Å²) in [6.07, 6.45) is 1.59. The Kier molecular flexibility index (Phi) is 4.80. The van der Waals surface area contributed by atoms with Gasteiger partial charge in [0.05, 0.1) is 17.5 Å². The summed E-state index contributed by atoms with van der Waals surface area (Å²) >= 11 is 0. The number of nitrogens with two attached hydrogens (primary N) is 1. The number of sulfonamides is 1. The predicted molar refractivity (Wildman–Crippen MR) is 77.9 cm³/mol. The number of nitrogens with zero attached hydrogens (tertiary/aromatic N) is 1. The van der Waals surface area contributed by atoms with Crippen molar-refractivity contribution in [2.45, 2.75) is 37.2 Å². The van der Waals surface area contributed by atoms with E-state index in [-0.39, 0.29) is 6.04 Å². The third kappa shape index (κ3) is 2.88. The second kappa shape index (κ2) is 6.22. The molecule has 0 amide bonds. The molecule has 112 valence electrons. The molecule has 0 aliphatic carbocycles. The number of benzene rings is 1. The van der Waals surface area contributed by atoms with Crippen LogP contribution in [0.4, 0.5) is 0 Å². The van der Waals surface area contributed by atoms with Crippen LogP contribution in [0.25, 0.3) is 0 Å². The summed E-state index contributed by atoms with van der Waals surface area (Å²) in [6.45, 7) is 3.47. The molecule has 0 aromatic heterocycles. The molecule has 1 aromatic carbocycles. The van der Waals surface area contributed by atoms with Crippen molar-refractivity contribution in [2.75, 3.05) is 20.3 Å². The van der Waals surface area contributed by atoms with Crippen molar-refractivity contribution in [3.05, 3.63) is 29.3 Å². The Hall–Kier alpha value is -0.950. The van der Waals surface area contributed by atoms with E-state index in [1.54, 1.807) is 19.2 Å². The van der Waals surface area contributed by atoms with Crippen molar-refractivity contribution in [3.8, 4) is 0 Å². The van der Waals surface area contributed by atoms with Crippen LogP contribution in [0.3, 0.4) is 0 Å². The number of ether oxygens (including phenoxy) is 1. The van der Waals surface area contributed by atoms with E-state index < -0.39 is 10.0 Å². The molecule has 5 nitrogen and oxygen atoms in total. The summed E-state index contributed by atoms with van der Waals surface area (Å²) in [6, 6.07) is 5.14. The van der Waals surface area contributed by atoms with E-state index in [1.807, 2.05) is 13.0 Å². The van der Waals surface area contributed by atoms with Gasteiger partial charge in [-0.2, -0.15) is 4.31 Å². The Morgan fingerprint density at radius 2 is 2.15 bits per heavy atom. The van der Waals surface area contributed by atoms with E-state index >= 15 is 0 Å². The normalized spacial score (nSPS) is 19.7. The summed E-state index contributed by atoms with van der Waals surface area (Å²) in [5.74, 6) is 0. The van der Waals surface area contributed by atoms with E-state index in [0.717, 1.165) is 24.0 Å². The smallest absolute Gasteiger partial charge is 0.243 e. The molecule has 1 fully saturated rings. The fourth-order valence-corrected chi connectivity index (χ4v) is 3.89. The third-order valence-electron chi connectivity index (χ3n) is 3.88. The number of rotatable bonds is 5. The first-order chi connectivity index (χ1) is 9.50. The average molecular weight is 298 g/mol. The minimum atomic E-state index is -3.48. The van der Waals surface area contributed by atoms with Gasteiger partial charge in [0.25, 0.3) is 0 Å². The van der Waals surface area contributed by atoms with Gasteiger partial charge in [-0.25, -0.2) is 8.42 Å². The van der Waals surface area contributed by atoms with Crippen LogP contribution in [0, 0.1) is 0 Å². The molecular formula is C14H22N2O3S.